The van der Waals surface area contributed by atoms with E-state index in [4.69, 9.17) is 8.94 Å². The van der Waals surface area contributed by atoms with Gasteiger partial charge in [0, 0.05) is 11.5 Å². The van der Waals surface area contributed by atoms with Crippen LogP contribution in [0.15, 0.2) is 75.7 Å². The van der Waals surface area contributed by atoms with Crippen molar-refractivity contribution in [2.75, 3.05) is 0 Å². The molecule has 0 aliphatic carbocycles. The molecular formula is C22H20N2O3. The quantitative estimate of drug-likeness (QED) is 0.531. The number of benzene rings is 2. The molecule has 0 saturated heterocycles. The van der Waals surface area contributed by atoms with E-state index in [2.05, 4.69) is 10.5 Å². The molecule has 136 valence electrons. The van der Waals surface area contributed by atoms with Gasteiger partial charge >= 0.3 is 0 Å². The molecule has 27 heavy (non-hydrogen) atoms. The number of nitrogens with zero attached hydrogens (tertiary/aromatic N) is 1. The predicted molar refractivity (Wildman–Crippen MR) is 103 cm³/mol. The molecule has 0 bridgehead atoms. The van der Waals surface area contributed by atoms with Crippen molar-refractivity contribution in [2.45, 2.75) is 25.8 Å². The summed E-state index contributed by atoms with van der Waals surface area (Å²) in [6.45, 7) is 2.32. The Balaban J connectivity index is 1.44. The van der Waals surface area contributed by atoms with E-state index in [0.29, 0.717) is 23.8 Å². The minimum atomic E-state index is -0.173. The van der Waals surface area contributed by atoms with E-state index in [1.807, 2.05) is 67.6 Å². The molecule has 2 aromatic heterocycles. The van der Waals surface area contributed by atoms with Gasteiger partial charge in [-0.05, 0) is 24.1 Å². The van der Waals surface area contributed by atoms with Gasteiger partial charge in [0.05, 0.1) is 12.5 Å². The normalized spacial score (nSPS) is 12.2. The molecule has 4 aromatic rings. The highest BCUT2D eigenvalue weighted by Crippen LogP contribution is 2.28. The lowest BCUT2D eigenvalue weighted by Gasteiger charge is -2.14. The highest BCUT2D eigenvalue weighted by Gasteiger charge is 2.19. The van der Waals surface area contributed by atoms with Crippen molar-refractivity contribution in [3.63, 3.8) is 0 Å². The maximum Gasteiger partial charge on any atom is 0.227 e. The number of amides is 1. The van der Waals surface area contributed by atoms with Gasteiger partial charge < -0.3 is 14.3 Å². The third kappa shape index (κ3) is 3.62. The van der Waals surface area contributed by atoms with Gasteiger partial charge in [-0.1, -0.05) is 60.6 Å². The van der Waals surface area contributed by atoms with Crippen LogP contribution in [0.2, 0.25) is 0 Å². The fraction of sp³-hybridized carbons (Fsp3) is 0.182. The molecule has 0 aliphatic rings. The van der Waals surface area contributed by atoms with E-state index >= 15 is 0 Å². The first kappa shape index (κ1) is 17.1. The molecule has 5 nitrogen and oxygen atoms in total. The Morgan fingerprint density at radius 3 is 2.59 bits per heavy atom. The van der Waals surface area contributed by atoms with Gasteiger partial charge in [0.25, 0.3) is 0 Å². The smallest absolute Gasteiger partial charge is 0.227 e. The predicted octanol–water partition coefficient (Wildman–Crippen LogP) is 4.90. The van der Waals surface area contributed by atoms with Gasteiger partial charge in [-0.3, -0.25) is 4.79 Å². The topological polar surface area (TPSA) is 68.3 Å². The second-order valence-electron chi connectivity index (χ2n) is 6.42. The average molecular weight is 360 g/mol. The summed E-state index contributed by atoms with van der Waals surface area (Å²) in [6.07, 6.45) is 0.735. The van der Waals surface area contributed by atoms with E-state index in [1.54, 1.807) is 6.07 Å². The number of rotatable bonds is 6. The lowest BCUT2D eigenvalue weighted by molar-refractivity contribution is -0.122. The van der Waals surface area contributed by atoms with Crippen LogP contribution in [-0.2, 0) is 11.3 Å². The maximum absolute atomic E-state index is 12.6. The first-order valence-corrected chi connectivity index (χ1v) is 9.02. The first-order valence-electron chi connectivity index (χ1n) is 9.02. The van der Waals surface area contributed by atoms with Gasteiger partial charge in [-0.15, -0.1) is 0 Å². The zero-order chi connectivity index (χ0) is 18.6. The summed E-state index contributed by atoms with van der Waals surface area (Å²) in [5.74, 6) is 0.979. The Morgan fingerprint density at radius 1 is 1.04 bits per heavy atom. The fourth-order valence-electron chi connectivity index (χ4n) is 3.17. The van der Waals surface area contributed by atoms with E-state index in [9.17, 15) is 4.79 Å². The van der Waals surface area contributed by atoms with Gasteiger partial charge in [0.15, 0.2) is 5.76 Å². The van der Waals surface area contributed by atoms with Crippen molar-refractivity contribution in [3.8, 4) is 11.5 Å². The number of nitrogens with one attached hydrogen (secondary N) is 1. The van der Waals surface area contributed by atoms with Crippen molar-refractivity contribution in [1.29, 1.82) is 0 Å². The fourth-order valence-corrected chi connectivity index (χ4v) is 3.17. The number of carbonyl (C=O) groups excluding carboxylic acids is 1. The first-order chi connectivity index (χ1) is 13.2. The Kier molecular flexibility index (Phi) is 4.75. The molecule has 1 amide bonds. The zero-order valence-electron chi connectivity index (χ0n) is 15.0. The van der Waals surface area contributed by atoms with Crippen LogP contribution in [0.1, 0.15) is 30.5 Å². The number of carbonyl (C=O) groups is 1. The Bertz CT molecular complexity index is 1020. The highest BCUT2D eigenvalue weighted by molar-refractivity contribution is 5.83. The van der Waals surface area contributed by atoms with Crippen LogP contribution >= 0.6 is 0 Å². The third-order valence-corrected chi connectivity index (χ3v) is 4.60. The van der Waals surface area contributed by atoms with Crippen molar-refractivity contribution < 1.29 is 13.7 Å². The Morgan fingerprint density at radius 2 is 1.81 bits per heavy atom. The molecule has 0 saturated carbocycles. The molecule has 0 spiro atoms. The molecule has 1 atom stereocenters. The SMILES string of the molecule is CCC(C(=O)NCc1cc(-c2cc3ccccc3o2)on1)c1ccccc1. The van der Waals surface area contributed by atoms with Crippen LogP contribution < -0.4 is 5.32 Å². The molecule has 5 heteroatoms. The summed E-state index contributed by atoms with van der Waals surface area (Å²) in [7, 11) is 0. The van der Waals surface area contributed by atoms with Crippen LogP contribution in [-0.4, -0.2) is 11.1 Å². The molecule has 1 unspecified atom stereocenters. The number of para-hydroxylation sites is 1. The largest absolute Gasteiger partial charge is 0.453 e. The third-order valence-electron chi connectivity index (χ3n) is 4.60. The highest BCUT2D eigenvalue weighted by atomic mass is 16.5. The summed E-state index contributed by atoms with van der Waals surface area (Å²) in [5, 5.41) is 8.00. The van der Waals surface area contributed by atoms with Crippen LogP contribution in [0.5, 0.6) is 0 Å². The standard InChI is InChI=1S/C22H20N2O3/c1-2-18(15-8-4-3-5-9-15)22(25)23-14-17-13-21(27-24-17)20-12-16-10-6-7-11-19(16)26-20/h3-13,18H,2,14H2,1H3,(H,23,25). The molecule has 2 aromatic carbocycles. The summed E-state index contributed by atoms with van der Waals surface area (Å²) < 4.78 is 11.2. The van der Waals surface area contributed by atoms with E-state index < -0.39 is 0 Å². The minimum Gasteiger partial charge on any atom is -0.453 e. The van der Waals surface area contributed by atoms with Crippen LogP contribution in [0.25, 0.3) is 22.5 Å². The Labute approximate surface area is 157 Å². The van der Waals surface area contributed by atoms with Crippen molar-refractivity contribution >= 4 is 16.9 Å². The van der Waals surface area contributed by atoms with E-state index in [0.717, 1.165) is 23.0 Å². The van der Waals surface area contributed by atoms with Crippen molar-refractivity contribution in [2.24, 2.45) is 0 Å². The molecule has 0 radical (unpaired) electrons. The molecule has 0 fully saturated rings. The second-order valence-corrected chi connectivity index (χ2v) is 6.42. The lowest BCUT2D eigenvalue weighted by Crippen LogP contribution is -2.28. The second kappa shape index (κ2) is 7.50. The summed E-state index contributed by atoms with van der Waals surface area (Å²) in [4.78, 5) is 12.6. The molecule has 2 heterocycles. The van der Waals surface area contributed by atoms with E-state index in [-0.39, 0.29) is 11.8 Å². The van der Waals surface area contributed by atoms with Crippen molar-refractivity contribution in [1.82, 2.24) is 10.5 Å². The van der Waals surface area contributed by atoms with Gasteiger partial charge in [-0.25, -0.2) is 0 Å². The molecular weight excluding hydrogens is 340 g/mol. The van der Waals surface area contributed by atoms with Crippen LogP contribution in [0.4, 0.5) is 0 Å². The van der Waals surface area contributed by atoms with E-state index in [1.165, 1.54) is 0 Å². The summed E-state index contributed by atoms with van der Waals surface area (Å²) >= 11 is 0. The maximum atomic E-state index is 12.6. The summed E-state index contributed by atoms with van der Waals surface area (Å²) in [5.41, 5.74) is 2.47. The minimum absolute atomic E-state index is 0.0167. The van der Waals surface area contributed by atoms with Gasteiger partial charge in [0.1, 0.15) is 11.3 Å². The number of aromatic nitrogens is 1. The monoisotopic (exact) mass is 360 g/mol. The number of hydrogen-bond acceptors (Lipinski definition) is 4. The zero-order valence-corrected chi connectivity index (χ0v) is 15.0. The number of furan rings is 1. The Hall–Kier alpha value is -3.34. The molecule has 1 N–H and O–H groups in total. The van der Waals surface area contributed by atoms with Gasteiger partial charge in [0.2, 0.25) is 11.7 Å². The number of hydrogen-bond donors (Lipinski definition) is 1. The average Bonchev–Trinajstić information content (AvgIpc) is 3.34. The van der Waals surface area contributed by atoms with Crippen LogP contribution in [0.3, 0.4) is 0 Å². The summed E-state index contributed by atoms with van der Waals surface area (Å²) in [6, 6.07) is 21.3. The van der Waals surface area contributed by atoms with Gasteiger partial charge in [-0.2, -0.15) is 0 Å². The molecule has 4 rings (SSSR count). The lowest BCUT2D eigenvalue weighted by atomic mass is 9.96. The molecule has 0 aliphatic heterocycles. The number of fused-ring (bicyclic) bond motifs is 1. The van der Waals surface area contributed by atoms with Crippen LogP contribution in [0, 0.1) is 0 Å². The van der Waals surface area contributed by atoms with Crippen molar-refractivity contribution in [3.05, 3.63) is 78.0 Å².